The number of imidazole rings is 1. The maximum atomic E-state index is 5.39. The number of nitrogens with zero attached hydrogens (tertiary/aromatic N) is 2. The fraction of sp³-hybridized carbons (Fsp3) is 0.118. The van der Waals surface area contributed by atoms with E-state index in [4.69, 9.17) is 22.7 Å². The van der Waals surface area contributed by atoms with E-state index < -0.39 is 0 Å². The van der Waals surface area contributed by atoms with E-state index in [1.165, 1.54) is 0 Å². The summed E-state index contributed by atoms with van der Waals surface area (Å²) >= 11 is 4.75. The molecule has 1 heterocycles. The van der Waals surface area contributed by atoms with Crippen molar-refractivity contribution >= 4 is 34.1 Å². The molecule has 0 bridgehead atoms. The molecular formula is C17H17N5OS. The van der Waals surface area contributed by atoms with Gasteiger partial charge in [0.15, 0.2) is 5.11 Å². The molecule has 122 valence electrons. The average Bonchev–Trinajstić information content (AvgIpc) is 3.02. The summed E-state index contributed by atoms with van der Waals surface area (Å²) in [5.41, 5.74) is 12.5. The van der Waals surface area contributed by atoms with Crippen LogP contribution in [0.3, 0.4) is 0 Å². The molecule has 0 saturated heterocycles. The number of methoxy groups -OCH3 is 1. The third-order valence-corrected chi connectivity index (χ3v) is 3.69. The van der Waals surface area contributed by atoms with Crippen molar-refractivity contribution in [1.29, 1.82) is 0 Å². The van der Waals surface area contributed by atoms with Crippen molar-refractivity contribution in [1.82, 2.24) is 15.4 Å². The second kappa shape index (κ2) is 6.67. The normalized spacial score (nSPS) is 11.5. The van der Waals surface area contributed by atoms with E-state index in [1.54, 1.807) is 7.11 Å². The molecule has 0 aliphatic rings. The highest BCUT2D eigenvalue weighted by molar-refractivity contribution is 7.80. The molecule has 0 aliphatic carbocycles. The number of H-pyrrole nitrogens is 1. The lowest BCUT2D eigenvalue weighted by molar-refractivity contribution is 0.415. The molecule has 0 fully saturated rings. The zero-order valence-electron chi connectivity index (χ0n) is 13.3. The fourth-order valence-electron chi connectivity index (χ4n) is 2.32. The standard InChI is InChI=1S/C17H17N5OS/c1-10(21-22-17(18)24)12-5-8-14-15(9-12)20-16(19-14)11-3-6-13(23-2)7-4-11/h3-9H,1-2H3,(H,19,20)(H3,18,22,24)/b21-10+. The van der Waals surface area contributed by atoms with E-state index in [0.717, 1.165) is 39.4 Å². The predicted molar refractivity (Wildman–Crippen MR) is 100 cm³/mol. The molecule has 3 rings (SSSR count). The molecular weight excluding hydrogens is 322 g/mol. The van der Waals surface area contributed by atoms with Gasteiger partial charge in [-0.2, -0.15) is 5.10 Å². The van der Waals surface area contributed by atoms with Gasteiger partial charge in [0.05, 0.1) is 23.9 Å². The van der Waals surface area contributed by atoms with Gasteiger partial charge in [-0.3, -0.25) is 5.43 Å². The number of nitrogens with one attached hydrogen (secondary N) is 2. The van der Waals surface area contributed by atoms with Crippen LogP contribution in [0.2, 0.25) is 0 Å². The highest BCUT2D eigenvalue weighted by Gasteiger charge is 2.07. The Morgan fingerprint density at radius 3 is 2.67 bits per heavy atom. The lowest BCUT2D eigenvalue weighted by Gasteiger charge is -2.01. The Hall–Kier alpha value is -2.93. The van der Waals surface area contributed by atoms with Crippen molar-refractivity contribution in [2.45, 2.75) is 6.92 Å². The predicted octanol–water partition coefficient (Wildman–Crippen LogP) is 2.80. The highest BCUT2D eigenvalue weighted by Crippen LogP contribution is 2.23. The first kappa shape index (κ1) is 15.9. The van der Waals surface area contributed by atoms with Gasteiger partial charge in [0.2, 0.25) is 0 Å². The van der Waals surface area contributed by atoms with Gasteiger partial charge in [-0.05, 0) is 61.1 Å². The Morgan fingerprint density at radius 1 is 1.25 bits per heavy atom. The van der Waals surface area contributed by atoms with Crippen LogP contribution < -0.4 is 15.9 Å². The summed E-state index contributed by atoms with van der Waals surface area (Å²) in [7, 11) is 1.65. The van der Waals surface area contributed by atoms with Crippen LogP contribution in [0.25, 0.3) is 22.4 Å². The minimum Gasteiger partial charge on any atom is -0.497 e. The second-order valence-electron chi connectivity index (χ2n) is 5.22. The number of rotatable bonds is 4. The quantitative estimate of drug-likeness (QED) is 0.386. The molecule has 0 saturated carbocycles. The maximum absolute atomic E-state index is 5.39. The van der Waals surface area contributed by atoms with Crippen molar-refractivity contribution in [3.63, 3.8) is 0 Å². The minimum absolute atomic E-state index is 0.138. The number of nitrogens with two attached hydrogens (primary N) is 1. The Balaban J connectivity index is 1.93. The molecule has 4 N–H and O–H groups in total. The smallest absolute Gasteiger partial charge is 0.184 e. The van der Waals surface area contributed by atoms with E-state index in [-0.39, 0.29) is 5.11 Å². The Labute approximate surface area is 144 Å². The number of aromatic nitrogens is 2. The molecule has 0 amide bonds. The van der Waals surface area contributed by atoms with Crippen LogP contribution >= 0.6 is 12.2 Å². The largest absolute Gasteiger partial charge is 0.497 e. The van der Waals surface area contributed by atoms with Gasteiger partial charge in [-0.1, -0.05) is 6.07 Å². The number of fused-ring (bicyclic) bond motifs is 1. The first-order valence-electron chi connectivity index (χ1n) is 7.31. The fourth-order valence-corrected chi connectivity index (χ4v) is 2.37. The van der Waals surface area contributed by atoms with Gasteiger partial charge in [-0.15, -0.1) is 0 Å². The molecule has 0 aliphatic heterocycles. The van der Waals surface area contributed by atoms with Gasteiger partial charge >= 0.3 is 0 Å². The maximum Gasteiger partial charge on any atom is 0.184 e. The van der Waals surface area contributed by atoms with Gasteiger partial charge in [0.25, 0.3) is 0 Å². The average molecular weight is 339 g/mol. The minimum atomic E-state index is 0.138. The van der Waals surface area contributed by atoms with E-state index in [0.29, 0.717) is 0 Å². The summed E-state index contributed by atoms with van der Waals surface area (Å²) in [5, 5.41) is 4.27. The number of hydrogen-bond acceptors (Lipinski definition) is 4. The molecule has 7 heteroatoms. The van der Waals surface area contributed by atoms with Crippen LogP contribution in [0, 0.1) is 0 Å². The summed E-state index contributed by atoms with van der Waals surface area (Å²) < 4.78 is 5.18. The lowest BCUT2D eigenvalue weighted by atomic mass is 10.1. The van der Waals surface area contributed by atoms with Gasteiger partial charge in [0.1, 0.15) is 11.6 Å². The van der Waals surface area contributed by atoms with Crippen LogP contribution in [0.15, 0.2) is 47.6 Å². The van der Waals surface area contributed by atoms with E-state index in [9.17, 15) is 0 Å². The molecule has 0 radical (unpaired) electrons. The molecule has 0 spiro atoms. The number of aromatic amines is 1. The Bertz CT molecular complexity index is 914. The number of benzene rings is 2. The van der Waals surface area contributed by atoms with Crippen LogP contribution in [-0.2, 0) is 0 Å². The summed E-state index contributed by atoms with van der Waals surface area (Å²) in [4.78, 5) is 7.95. The van der Waals surface area contributed by atoms with E-state index >= 15 is 0 Å². The SMILES string of the molecule is COc1ccc(-c2nc3ccc(/C(C)=N/NC(N)=S)cc3[nH]2)cc1. The number of ether oxygens (including phenoxy) is 1. The second-order valence-corrected chi connectivity index (χ2v) is 5.66. The van der Waals surface area contributed by atoms with Crippen molar-refractivity contribution < 1.29 is 4.74 Å². The summed E-state index contributed by atoms with van der Waals surface area (Å²) in [6.45, 7) is 1.88. The lowest BCUT2D eigenvalue weighted by Crippen LogP contribution is -2.25. The summed E-state index contributed by atoms with van der Waals surface area (Å²) in [6.07, 6.45) is 0. The monoisotopic (exact) mass is 339 g/mol. The molecule has 0 atom stereocenters. The molecule has 6 nitrogen and oxygen atoms in total. The zero-order chi connectivity index (χ0) is 17.1. The van der Waals surface area contributed by atoms with Crippen molar-refractivity contribution in [3.8, 4) is 17.1 Å². The third kappa shape index (κ3) is 3.36. The molecule has 3 aromatic rings. The van der Waals surface area contributed by atoms with Crippen LogP contribution in [-0.4, -0.2) is 27.9 Å². The van der Waals surface area contributed by atoms with E-state index in [1.807, 2.05) is 49.4 Å². The van der Waals surface area contributed by atoms with Gasteiger partial charge in [-0.25, -0.2) is 4.98 Å². The Morgan fingerprint density at radius 2 is 2.00 bits per heavy atom. The first-order chi connectivity index (χ1) is 11.6. The molecule has 2 aromatic carbocycles. The third-order valence-electron chi connectivity index (χ3n) is 3.60. The summed E-state index contributed by atoms with van der Waals surface area (Å²) in [6, 6.07) is 13.7. The van der Waals surface area contributed by atoms with Crippen LogP contribution in [0.1, 0.15) is 12.5 Å². The van der Waals surface area contributed by atoms with Crippen molar-refractivity contribution in [2.24, 2.45) is 10.8 Å². The topological polar surface area (TPSA) is 88.3 Å². The van der Waals surface area contributed by atoms with E-state index in [2.05, 4.69) is 20.5 Å². The van der Waals surface area contributed by atoms with Gasteiger partial charge < -0.3 is 15.5 Å². The molecule has 24 heavy (non-hydrogen) atoms. The van der Waals surface area contributed by atoms with Crippen molar-refractivity contribution in [2.75, 3.05) is 7.11 Å². The molecule has 1 aromatic heterocycles. The number of thiocarbonyl (C=S) groups is 1. The van der Waals surface area contributed by atoms with Crippen LogP contribution in [0.4, 0.5) is 0 Å². The zero-order valence-corrected chi connectivity index (χ0v) is 14.1. The van der Waals surface area contributed by atoms with Gasteiger partial charge in [0, 0.05) is 5.56 Å². The number of hydrazone groups is 1. The van der Waals surface area contributed by atoms with Crippen molar-refractivity contribution in [3.05, 3.63) is 48.0 Å². The Kier molecular flexibility index (Phi) is 4.43. The molecule has 0 unspecified atom stereocenters. The highest BCUT2D eigenvalue weighted by atomic mass is 32.1. The van der Waals surface area contributed by atoms with Crippen LogP contribution in [0.5, 0.6) is 5.75 Å². The summed E-state index contributed by atoms with van der Waals surface area (Å²) in [5.74, 6) is 1.62. The number of hydrogen-bond donors (Lipinski definition) is 3. The first-order valence-corrected chi connectivity index (χ1v) is 7.72.